The lowest BCUT2D eigenvalue weighted by atomic mass is 10.1. The smallest absolute Gasteiger partial charge is 0.160 e. The Bertz CT molecular complexity index is 1520. The summed E-state index contributed by atoms with van der Waals surface area (Å²) >= 11 is 0. The number of nitrogens with two attached hydrogens (primary N) is 1. The number of hydrogen-bond donors (Lipinski definition) is 2. The van der Waals surface area contributed by atoms with Crippen LogP contribution in [0.2, 0.25) is 0 Å². The van der Waals surface area contributed by atoms with Crippen LogP contribution in [-0.2, 0) is 6.54 Å². The van der Waals surface area contributed by atoms with E-state index in [0.29, 0.717) is 18.3 Å². The van der Waals surface area contributed by atoms with Gasteiger partial charge in [-0.25, -0.2) is 9.97 Å². The molecule has 0 amide bonds. The molecule has 1 saturated carbocycles. The number of hydrogen-bond acceptors (Lipinski definition) is 6. The summed E-state index contributed by atoms with van der Waals surface area (Å²) in [5.74, 6) is 2.36. The van der Waals surface area contributed by atoms with Crippen LogP contribution in [0.5, 0.6) is 11.5 Å². The number of fused-ring (bicyclic) bond motifs is 2. The third-order valence-electron chi connectivity index (χ3n) is 6.48. The van der Waals surface area contributed by atoms with Crippen LogP contribution in [0.1, 0.15) is 24.4 Å². The lowest BCUT2D eigenvalue weighted by molar-refractivity contribution is 0.391. The SMILES string of the molecule is COc1ccc(CNc2nccc3c2c(-c2ccc(N)c4nccn24)cn3C2CC2)c(OC)c1. The minimum Gasteiger partial charge on any atom is -0.497 e. The zero-order valence-electron chi connectivity index (χ0n) is 19.2. The van der Waals surface area contributed by atoms with Crippen LogP contribution in [0.4, 0.5) is 11.5 Å². The van der Waals surface area contributed by atoms with Gasteiger partial charge in [-0.3, -0.25) is 4.40 Å². The molecule has 0 unspecified atom stereocenters. The molecule has 0 saturated heterocycles. The van der Waals surface area contributed by atoms with E-state index in [9.17, 15) is 0 Å². The highest BCUT2D eigenvalue weighted by molar-refractivity contribution is 6.03. The molecule has 1 aliphatic rings. The minimum absolute atomic E-state index is 0.528. The maximum atomic E-state index is 6.18. The molecule has 1 fully saturated rings. The Morgan fingerprint density at radius 2 is 1.94 bits per heavy atom. The summed E-state index contributed by atoms with van der Waals surface area (Å²) in [6.45, 7) is 0.565. The van der Waals surface area contributed by atoms with E-state index < -0.39 is 0 Å². The predicted octanol–water partition coefficient (Wildman–Crippen LogP) is 4.90. The van der Waals surface area contributed by atoms with Crippen LogP contribution in [0.15, 0.2) is 61.2 Å². The van der Waals surface area contributed by atoms with E-state index in [1.807, 2.05) is 41.1 Å². The van der Waals surface area contributed by atoms with E-state index in [4.69, 9.17) is 20.2 Å². The third kappa shape index (κ3) is 3.30. The van der Waals surface area contributed by atoms with Gasteiger partial charge < -0.3 is 25.1 Å². The second-order valence-corrected chi connectivity index (χ2v) is 8.56. The lowest BCUT2D eigenvalue weighted by Gasteiger charge is -2.13. The summed E-state index contributed by atoms with van der Waals surface area (Å²) in [5.41, 5.74) is 11.9. The molecular weight excluding hydrogens is 428 g/mol. The Hall–Kier alpha value is -4.20. The number of benzene rings is 1. The molecule has 4 heterocycles. The summed E-state index contributed by atoms with van der Waals surface area (Å²) in [7, 11) is 3.32. The normalized spacial score (nSPS) is 13.5. The van der Waals surface area contributed by atoms with Gasteiger partial charge in [0.25, 0.3) is 0 Å². The number of aromatic nitrogens is 4. The monoisotopic (exact) mass is 454 g/mol. The molecule has 0 aliphatic heterocycles. The van der Waals surface area contributed by atoms with E-state index in [-0.39, 0.29) is 0 Å². The van der Waals surface area contributed by atoms with Gasteiger partial charge >= 0.3 is 0 Å². The maximum Gasteiger partial charge on any atom is 0.160 e. The average Bonchev–Trinajstić information content (AvgIpc) is 3.45. The second-order valence-electron chi connectivity index (χ2n) is 8.56. The van der Waals surface area contributed by atoms with Crippen LogP contribution in [0, 0.1) is 0 Å². The number of nitrogens with one attached hydrogen (secondary N) is 1. The first-order chi connectivity index (χ1) is 16.7. The van der Waals surface area contributed by atoms with Crippen LogP contribution in [-0.4, -0.2) is 33.2 Å². The van der Waals surface area contributed by atoms with E-state index in [0.717, 1.165) is 45.2 Å². The molecule has 0 atom stereocenters. The highest BCUT2D eigenvalue weighted by atomic mass is 16.5. The fourth-order valence-electron chi connectivity index (χ4n) is 4.62. The molecule has 172 valence electrons. The summed E-state index contributed by atoms with van der Waals surface area (Å²) in [6, 6.07) is 12.4. The van der Waals surface area contributed by atoms with Crippen molar-refractivity contribution in [2.75, 3.05) is 25.3 Å². The molecule has 1 aromatic carbocycles. The summed E-state index contributed by atoms with van der Waals surface area (Å²) < 4.78 is 15.3. The largest absolute Gasteiger partial charge is 0.497 e. The molecule has 0 bridgehead atoms. The Morgan fingerprint density at radius 1 is 1.06 bits per heavy atom. The van der Waals surface area contributed by atoms with Gasteiger partial charge in [0.1, 0.15) is 17.3 Å². The topological polar surface area (TPSA) is 91.6 Å². The Labute approximate surface area is 197 Å². The molecular formula is C26H26N6O2. The fourth-order valence-corrected chi connectivity index (χ4v) is 4.62. The molecule has 8 heteroatoms. The van der Waals surface area contributed by atoms with Gasteiger partial charge in [0.05, 0.1) is 36.5 Å². The molecule has 0 radical (unpaired) electrons. The van der Waals surface area contributed by atoms with Crippen LogP contribution < -0.4 is 20.5 Å². The Balaban J connectivity index is 1.47. The van der Waals surface area contributed by atoms with Gasteiger partial charge in [-0.1, -0.05) is 0 Å². The Morgan fingerprint density at radius 3 is 2.74 bits per heavy atom. The molecule has 0 spiro atoms. The van der Waals surface area contributed by atoms with Gasteiger partial charge in [0.2, 0.25) is 0 Å². The van der Waals surface area contributed by atoms with Gasteiger partial charge in [0, 0.05) is 54.6 Å². The lowest BCUT2D eigenvalue weighted by Crippen LogP contribution is -2.04. The third-order valence-corrected chi connectivity index (χ3v) is 6.48. The van der Waals surface area contributed by atoms with Crippen molar-refractivity contribution in [2.24, 2.45) is 0 Å². The molecule has 3 N–H and O–H groups in total. The number of anilines is 2. The Kier molecular flexibility index (Phi) is 4.79. The van der Waals surface area contributed by atoms with Crippen molar-refractivity contribution in [3.63, 3.8) is 0 Å². The number of methoxy groups -OCH3 is 2. The fraction of sp³-hybridized carbons (Fsp3) is 0.231. The number of rotatable bonds is 7. The summed E-state index contributed by atoms with van der Waals surface area (Å²) in [6.07, 6.45) is 10.2. The van der Waals surface area contributed by atoms with Crippen molar-refractivity contribution < 1.29 is 9.47 Å². The van der Waals surface area contributed by atoms with Crippen molar-refractivity contribution >= 4 is 28.1 Å². The molecule has 34 heavy (non-hydrogen) atoms. The van der Waals surface area contributed by atoms with Crippen LogP contribution in [0.25, 0.3) is 27.8 Å². The van der Waals surface area contributed by atoms with Crippen molar-refractivity contribution in [3.05, 3.63) is 66.7 Å². The van der Waals surface area contributed by atoms with Crippen LogP contribution >= 0.6 is 0 Å². The maximum absolute atomic E-state index is 6.18. The van der Waals surface area contributed by atoms with Gasteiger partial charge in [-0.05, 0) is 43.2 Å². The standard InChI is InChI=1S/C26H26N6O2/c1-33-18-6-3-16(23(13-18)34-2)14-30-25-24-19(15-32(17-4-5-17)22(24)9-10-28-25)21-8-7-20(27)26-29-11-12-31(21)26/h3,6-13,15,17H,4-5,14,27H2,1-2H3,(H,28,30). The predicted molar refractivity (Wildman–Crippen MR) is 133 cm³/mol. The quantitative estimate of drug-likeness (QED) is 0.364. The van der Waals surface area contributed by atoms with Crippen molar-refractivity contribution in [1.82, 2.24) is 18.9 Å². The first-order valence-corrected chi connectivity index (χ1v) is 11.3. The highest BCUT2D eigenvalue weighted by Gasteiger charge is 2.28. The zero-order chi connectivity index (χ0) is 23.2. The van der Waals surface area contributed by atoms with Crippen molar-refractivity contribution in [3.8, 4) is 22.8 Å². The second kappa shape index (κ2) is 7.98. The molecule has 5 aromatic rings. The van der Waals surface area contributed by atoms with Gasteiger partial charge in [-0.15, -0.1) is 0 Å². The summed E-state index contributed by atoms with van der Waals surface area (Å²) in [5, 5.41) is 4.64. The van der Waals surface area contributed by atoms with E-state index in [2.05, 4.69) is 33.2 Å². The first-order valence-electron chi connectivity index (χ1n) is 11.3. The van der Waals surface area contributed by atoms with E-state index >= 15 is 0 Å². The first kappa shape index (κ1) is 20.4. The van der Waals surface area contributed by atoms with Crippen LogP contribution in [0.3, 0.4) is 0 Å². The van der Waals surface area contributed by atoms with E-state index in [1.165, 1.54) is 18.4 Å². The molecule has 8 nitrogen and oxygen atoms in total. The minimum atomic E-state index is 0.528. The molecule has 6 rings (SSSR count). The number of nitrogen functional groups attached to an aromatic ring is 1. The number of nitrogens with zero attached hydrogens (tertiary/aromatic N) is 4. The zero-order valence-corrected chi connectivity index (χ0v) is 19.2. The number of imidazole rings is 1. The highest BCUT2D eigenvalue weighted by Crippen LogP contribution is 2.43. The van der Waals surface area contributed by atoms with Gasteiger partial charge in [0.15, 0.2) is 5.65 Å². The van der Waals surface area contributed by atoms with E-state index in [1.54, 1.807) is 20.4 Å². The molecule has 4 aromatic heterocycles. The molecule has 1 aliphatic carbocycles. The van der Waals surface area contributed by atoms with Gasteiger partial charge in [-0.2, -0.15) is 0 Å². The average molecular weight is 455 g/mol. The number of pyridine rings is 2. The van der Waals surface area contributed by atoms with Crippen molar-refractivity contribution in [2.45, 2.75) is 25.4 Å². The number of ether oxygens (including phenoxy) is 2. The van der Waals surface area contributed by atoms with Crippen molar-refractivity contribution in [1.29, 1.82) is 0 Å². The summed E-state index contributed by atoms with van der Waals surface area (Å²) in [4.78, 5) is 9.18.